The van der Waals surface area contributed by atoms with Gasteiger partial charge in [0.25, 0.3) is 5.91 Å². The molecule has 2 fully saturated rings. The number of unbranched alkanes of at least 4 members (excludes halogenated alkanes) is 1. The summed E-state index contributed by atoms with van der Waals surface area (Å²) in [6.45, 7) is -0.424. The molecule has 16 N–H and O–H groups in total. The molecule has 504 valence electrons. The Kier molecular flexibility index (Phi) is 35.0. The van der Waals surface area contributed by atoms with Gasteiger partial charge in [0.15, 0.2) is 18.3 Å². The summed E-state index contributed by atoms with van der Waals surface area (Å²) in [5, 5.41) is 41.4. The van der Waals surface area contributed by atoms with E-state index in [0.717, 1.165) is 33.3 Å². The summed E-state index contributed by atoms with van der Waals surface area (Å²) in [4.78, 5) is 183. The zero-order valence-corrected chi connectivity index (χ0v) is 52.7. The fraction of sp³-hybridized carbons (Fsp3) is 0.518. The first-order valence-electron chi connectivity index (χ1n) is 28.9. The number of hydrogen-bond acceptors (Lipinski definition) is 21. The second-order valence-corrected chi connectivity index (χ2v) is 24.0. The number of aliphatic carboxylic acids is 1. The Hall–Kier alpha value is -8.61. The molecule has 2 aromatic carbocycles. The normalized spacial score (nSPS) is 20.9. The van der Waals surface area contributed by atoms with Crippen LogP contribution in [0.1, 0.15) is 56.6 Å². The number of hydrogen-bond donors (Lipinski definition) is 14. The summed E-state index contributed by atoms with van der Waals surface area (Å²) >= 11 is 0.930. The van der Waals surface area contributed by atoms with Gasteiger partial charge in [-0.1, -0.05) is 69.2 Å². The maximum absolute atomic E-state index is 14.4. The Labute approximate surface area is 540 Å². The van der Waals surface area contributed by atoms with E-state index in [9.17, 15) is 71.8 Å². The number of aliphatic imine (C=N–C) groups is 1. The molecule has 0 aromatic heterocycles. The molecule has 0 unspecified atom stereocenters. The molecule has 36 heteroatoms. The van der Waals surface area contributed by atoms with Gasteiger partial charge in [-0.15, -0.1) is 11.8 Å². The largest absolute Gasteiger partial charge is 0.481 e. The third-order valence-electron chi connectivity index (χ3n) is 12.9. The first-order valence-corrected chi connectivity index (χ1v) is 32.6. The Bertz CT molecular complexity index is 2900. The number of carboxylic acid groups (broad SMARTS) is 1. The Morgan fingerprint density at radius 1 is 0.630 bits per heavy atom. The lowest BCUT2D eigenvalue weighted by molar-refractivity contribution is -0.141. The van der Waals surface area contributed by atoms with E-state index in [4.69, 9.17) is 25.8 Å². The van der Waals surface area contributed by atoms with Crippen molar-refractivity contribution in [3.05, 3.63) is 71.5 Å². The summed E-state index contributed by atoms with van der Waals surface area (Å²) in [5.74, 6) is -12.7. The number of thioether (sulfide) groups is 1. The smallest absolute Gasteiger partial charge is 0.305 e. The maximum Gasteiger partial charge on any atom is 0.305 e. The SMILES string of the molecule is CC(=O)[C@@H]1CSCC(=O)N[C@@H](CCCCNC(=O)COCC(=O)NCCOCCNC(=O)CO/N=C\c2ccc([18F])cc2)C(=O)N[C@H]2CSSC[C@H](NC(=O)[C@H](CC(=O)O)NC(=O)CNC(=O)[C@H](CCCN=C(N)N)NC2=O)C(=O)N[C@@H](Cc2ccccc2)C(=O)N1. The molecule has 2 heterocycles. The van der Waals surface area contributed by atoms with Gasteiger partial charge in [0.05, 0.1) is 44.2 Å². The summed E-state index contributed by atoms with van der Waals surface area (Å²) in [7, 11) is 1.83. The number of carbonyl (C=O) groups is 13. The number of nitrogens with two attached hydrogens (primary N) is 2. The minimum absolute atomic E-state index is 0.00399. The van der Waals surface area contributed by atoms with E-state index in [-0.39, 0.29) is 113 Å². The van der Waals surface area contributed by atoms with Crippen LogP contribution in [-0.2, 0) is 83.1 Å². The molecule has 0 aliphatic carbocycles. The summed E-state index contributed by atoms with van der Waals surface area (Å²) in [6, 6.07) is 3.74. The topological polar surface area (TPSA) is 479 Å². The van der Waals surface area contributed by atoms with Crippen LogP contribution >= 0.6 is 33.3 Å². The van der Waals surface area contributed by atoms with E-state index in [1.165, 1.54) is 37.4 Å². The number of Topliss-reactive ketones (excluding diaryl/α,β-unsaturated/α-hetero) is 1. The highest BCUT2D eigenvalue weighted by Crippen LogP contribution is 2.24. The van der Waals surface area contributed by atoms with Gasteiger partial charge in [0.2, 0.25) is 59.1 Å². The van der Waals surface area contributed by atoms with Crippen LogP contribution in [0, 0.1) is 5.82 Å². The van der Waals surface area contributed by atoms with Crippen LogP contribution < -0.4 is 70.0 Å². The van der Waals surface area contributed by atoms with Gasteiger partial charge in [0.1, 0.15) is 55.3 Å². The highest BCUT2D eigenvalue weighted by atomic mass is 33.1. The first kappa shape index (κ1) is 75.8. The molecule has 2 aliphatic rings. The number of nitrogens with one attached hydrogen (secondary N) is 11. The number of carbonyl (C=O) groups excluding carboxylic acids is 12. The van der Waals surface area contributed by atoms with Crippen LogP contribution in [0.15, 0.2) is 64.7 Å². The maximum atomic E-state index is 14.4. The van der Waals surface area contributed by atoms with Crippen LogP contribution in [-0.4, -0.2) is 225 Å². The van der Waals surface area contributed by atoms with Gasteiger partial charge in [-0.05, 0) is 62.3 Å². The number of carboxylic acids is 1. The predicted molar refractivity (Wildman–Crippen MR) is 336 cm³/mol. The molecule has 0 saturated carbocycles. The number of oxime groups is 1. The molecule has 7 atom stereocenters. The van der Waals surface area contributed by atoms with E-state index < -0.39 is 151 Å². The highest BCUT2D eigenvalue weighted by molar-refractivity contribution is 8.76. The monoisotopic (exact) mass is 1350 g/mol. The number of rotatable bonds is 28. The number of nitrogens with zero attached hydrogens (tertiary/aromatic N) is 2. The number of ether oxygens (including phenoxy) is 2. The zero-order valence-electron chi connectivity index (χ0n) is 50.3. The lowest BCUT2D eigenvalue weighted by Gasteiger charge is -2.27. The van der Waals surface area contributed by atoms with Gasteiger partial charge in [-0.3, -0.25) is 67.3 Å². The molecule has 32 nitrogen and oxygen atoms in total. The van der Waals surface area contributed by atoms with E-state index in [1.54, 1.807) is 30.3 Å². The second-order valence-electron chi connectivity index (χ2n) is 20.4. The van der Waals surface area contributed by atoms with Crippen molar-refractivity contribution < 1.29 is 86.1 Å². The fourth-order valence-corrected chi connectivity index (χ4v) is 11.5. The van der Waals surface area contributed by atoms with Crippen molar-refractivity contribution in [2.45, 2.75) is 94.2 Å². The third kappa shape index (κ3) is 31.4. The highest BCUT2D eigenvalue weighted by Gasteiger charge is 2.35. The Balaban J connectivity index is 1.44. The Morgan fingerprint density at radius 2 is 1.20 bits per heavy atom. The quantitative estimate of drug-likeness (QED) is 0.0126. The summed E-state index contributed by atoms with van der Waals surface area (Å²) < 4.78 is 23.6. The zero-order chi connectivity index (χ0) is 67.2. The number of halogens is 1. The van der Waals surface area contributed by atoms with E-state index in [1.807, 2.05) is 0 Å². The number of amides is 11. The average molecular weight is 1350 g/mol. The van der Waals surface area contributed by atoms with Crippen molar-refractivity contribution in [1.82, 2.24) is 58.5 Å². The van der Waals surface area contributed by atoms with E-state index >= 15 is 0 Å². The van der Waals surface area contributed by atoms with Crippen molar-refractivity contribution in [3.63, 3.8) is 0 Å². The molecule has 2 saturated heterocycles. The van der Waals surface area contributed by atoms with Gasteiger partial charge < -0.3 is 89.4 Å². The molecule has 92 heavy (non-hydrogen) atoms. The van der Waals surface area contributed by atoms with Gasteiger partial charge in [-0.25, -0.2) is 4.39 Å². The number of guanidine groups is 1. The molecule has 4 rings (SSSR count). The molecule has 0 spiro atoms. The molecule has 11 amide bonds. The third-order valence-corrected chi connectivity index (χ3v) is 16.4. The van der Waals surface area contributed by atoms with E-state index in [0.29, 0.717) is 11.1 Å². The summed E-state index contributed by atoms with van der Waals surface area (Å²) in [5.41, 5.74) is 12.1. The van der Waals surface area contributed by atoms with Crippen molar-refractivity contribution in [1.29, 1.82) is 0 Å². The molecular weight excluding hydrogens is 1270 g/mol. The molecule has 0 radical (unpaired) electrons. The molecule has 2 aromatic rings. The van der Waals surface area contributed by atoms with Crippen molar-refractivity contribution >= 4 is 122 Å². The number of ketones is 1. The average Bonchev–Trinajstić information content (AvgIpc) is 2.56. The lowest BCUT2D eigenvalue weighted by atomic mass is 10.0. The van der Waals surface area contributed by atoms with Gasteiger partial charge >= 0.3 is 5.97 Å². The van der Waals surface area contributed by atoms with Crippen LogP contribution in [0.25, 0.3) is 0 Å². The first-order chi connectivity index (χ1) is 44.1. The molecule has 2 bridgehead atoms. The van der Waals surface area contributed by atoms with Crippen LogP contribution in [0.4, 0.5) is 4.39 Å². The van der Waals surface area contributed by atoms with Crippen molar-refractivity contribution in [2.75, 3.05) is 88.8 Å². The van der Waals surface area contributed by atoms with Gasteiger partial charge in [0, 0.05) is 49.9 Å². The molecular formula is C56H78FN15O17S3. The second kappa shape index (κ2) is 42.4. The van der Waals surface area contributed by atoms with Gasteiger partial charge in [-0.2, -0.15) is 0 Å². The lowest BCUT2D eigenvalue weighted by Crippen LogP contribution is -2.59. The van der Waals surface area contributed by atoms with Crippen molar-refractivity contribution in [3.8, 4) is 0 Å². The minimum Gasteiger partial charge on any atom is -0.481 e. The van der Waals surface area contributed by atoms with E-state index in [2.05, 4.69) is 68.6 Å². The number of benzene rings is 2. The number of fused-ring (bicyclic) bond motifs is 5. The van der Waals surface area contributed by atoms with Crippen molar-refractivity contribution in [2.24, 2.45) is 21.6 Å². The molecule has 2 aliphatic heterocycles. The van der Waals surface area contributed by atoms with Crippen LogP contribution in [0.3, 0.4) is 0 Å². The fourth-order valence-electron chi connectivity index (χ4n) is 8.21. The summed E-state index contributed by atoms with van der Waals surface area (Å²) in [6.07, 6.45) is 0.576. The minimum atomic E-state index is -1.80. The standard InChI is InChI=1S/C56H78FN15O17S3/c1-33(73)41-29-90-32-48(78)66-38(10-5-6-16-60-45(75)26-88-27-46(76)61-18-20-87-21-19-62-47(77)28-89-65-24-35-12-14-36(57)15-13-35)51(82)71-42-30-91-92-31-43(55(86)69-39(52(83)70-41)22-34-8-3-2-4-9-34)72-53(84)40(23-49(79)80)67-44(74)25-64-50(81)37(68-54(42)85)11-7-17-63-56(58)59/h2-4,8-9,12-15,24,37-43H,5-7,10-11,16-23,25-32H2,1H3,(H,60,75)(H,61,76)(H,62,77)(H,64,81)(H,66,78)(H,67,74)(H,68,85)(H,69,86)(H,70,83)(H,71,82)(H,72,84)(H,79,80)(H4,58,59,63)/b65-24-/t37-,38-,39-,40-,41-,42-,43-/m0/s1/i57-1. The predicted octanol–water partition coefficient (Wildman–Crippen LogP) is -4.26. The van der Waals surface area contributed by atoms with Crippen LogP contribution in [0.2, 0.25) is 0 Å². The van der Waals surface area contributed by atoms with Crippen LogP contribution in [0.5, 0.6) is 0 Å². The Morgan fingerprint density at radius 3 is 1.82 bits per heavy atom.